The molecule has 0 aromatic rings. The van der Waals surface area contributed by atoms with Crippen LogP contribution in [0.25, 0.3) is 0 Å². The molecule has 0 rings (SSSR count). The lowest BCUT2D eigenvalue weighted by molar-refractivity contribution is -0.143. The highest BCUT2D eigenvalue weighted by atomic mass is 16.4. The van der Waals surface area contributed by atoms with E-state index in [1.54, 1.807) is 34.6 Å². The fraction of sp³-hybridized carbons (Fsp3) is 0.795. The first-order chi connectivity index (χ1) is 29.0. The first-order valence-electron chi connectivity index (χ1n) is 22.2. The first-order valence-corrected chi connectivity index (χ1v) is 22.2. The minimum Gasteiger partial charge on any atom is -0.481 e. The van der Waals surface area contributed by atoms with Crippen molar-refractivity contribution in [3.8, 4) is 0 Å². The lowest BCUT2D eigenvalue weighted by Crippen LogP contribution is -2.52. The molecule has 62 heavy (non-hydrogen) atoms. The number of nitrogens with one attached hydrogen (secondary N) is 3. The molecule has 4 amide bonds. The molecule has 8 unspecified atom stereocenters. The number of amides is 4. The number of ketones is 3. The number of aliphatic carboxylic acids is 1. The quantitative estimate of drug-likeness (QED) is 0.0248. The first kappa shape index (κ1) is 57.7. The van der Waals surface area contributed by atoms with Gasteiger partial charge < -0.3 is 47.8 Å². The van der Waals surface area contributed by atoms with E-state index in [1.165, 1.54) is 33.1 Å². The predicted molar refractivity (Wildman–Crippen MR) is 234 cm³/mol. The van der Waals surface area contributed by atoms with Crippen LogP contribution >= 0.6 is 0 Å². The van der Waals surface area contributed by atoms with Crippen LogP contribution < -0.4 is 27.4 Å². The summed E-state index contributed by atoms with van der Waals surface area (Å²) in [5.74, 6) is -10.4. The average molecular weight is 883 g/mol. The van der Waals surface area contributed by atoms with Crippen LogP contribution in [0.3, 0.4) is 0 Å². The molecule has 18 heteroatoms. The molecular weight excluding hydrogens is 805 g/mol. The van der Waals surface area contributed by atoms with Crippen molar-refractivity contribution in [2.45, 2.75) is 182 Å². The fourth-order valence-corrected chi connectivity index (χ4v) is 6.91. The van der Waals surface area contributed by atoms with Gasteiger partial charge in [-0.3, -0.25) is 43.3 Å². The number of Topliss-reactive ketones (excluding diaryl/α,β-unsaturated/α-hetero) is 3. The molecule has 0 aromatic carbocycles. The van der Waals surface area contributed by atoms with Gasteiger partial charge in [0.1, 0.15) is 6.04 Å². The van der Waals surface area contributed by atoms with Crippen molar-refractivity contribution in [3.05, 3.63) is 0 Å². The average Bonchev–Trinajstić information content (AvgIpc) is 3.17. The summed E-state index contributed by atoms with van der Waals surface area (Å²) in [5, 5.41) is 47.6. The number of hydrogen-bond donors (Lipinski definition) is 9. The number of hydrogen-bond acceptors (Lipinski definition) is 12. The molecule has 0 aliphatic heterocycles. The number of nitrogens with two attached hydrogens (primary N) is 2. The second-order valence-electron chi connectivity index (χ2n) is 17.4. The summed E-state index contributed by atoms with van der Waals surface area (Å²) in [7, 11) is 0. The van der Waals surface area contributed by atoms with Gasteiger partial charge in [0.15, 0.2) is 17.3 Å². The van der Waals surface area contributed by atoms with E-state index in [9.17, 15) is 53.7 Å². The zero-order chi connectivity index (χ0) is 47.5. The lowest BCUT2D eigenvalue weighted by Gasteiger charge is -2.28. The Morgan fingerprint density at radius 2 is 1.13 bits per heavy atom. The van der Waals surface area contributed by atoms with E-state index in [0.717, 1.165) is 51.5 Å². The molecule has 356 valence electrons. The van der Waals surface area contributed by atoms with Crippen LogP contribution in [0.2, 0.25) is 0 Å². The zero-order valence-corrected chi connectivity index (χ0v) is 38.2. The highest BCUT2D eigenvalue weighted by Gasteiger charge is 2.36. The van der Waals surface area contributed by atoms with Crippen LogP contribution in [-0.2, 0) is 38.4 Å². The van der Waals surface area contributed by atoms with Crippen molar-refractivity contribution >= 4 is 52.8 Å². The van der Waals surface area contributed by atoms with E-state index >= 15 is 0 Å². The number of carbonyl (C=O) groups is 8. The Morgan fingerprint density at radius 3 is 1.60 bits per heavy atom. The van der Waals surface area contributed by atoms with Crippen molar-refractivity contribution in [2.75, 3.05) is 13.2 Å². The van der Waals surface area contributed by atoms with Crippen LogP contribution in [0.1, 0.15) is 151 Å². The topological polar surface area (TPSA) is 318 Å². The van der Waals surface area contributed by atoms with Gasteiger partial charge in [0.25, 0.3) is 0 Å². The van der Waals surface area contributed by atoms with Crippen molar-refractivity contribution in [1.82, 2.24) is 16.0 Å². The maximum absolute atomic E-state index is 13.7. The smallest absolute Gasteiger partial charge is 0.306 e. The van der Waals surface area contributed by atoms with Gasteiger partial charge in [-0.25, -0.2) is 0 Å². The number of primary amides is 1. The summed E-state index contributed by atoms with van der Waals surface area (Å²) in [6.07, 6.45) is 6.41. The van der Waals surface area contributed by atoms with Crippen molar-refractivity contribution in [2.24, 2.45) is 46.0 Å². The van der Waals surface area contributed by atoms with Gasteiger partial charge in [-0.15, -0.1) is 0 Å². The molecule has 0 radical (unpaired) electrons. The molecule has 0 aliphatic rings. The van der Waals surface area contributed by atoms with Gasteiger partial charge in [-0.2, -0.15) is 0 Å². The van der Waals surface area contributed by atoms with E-state index in [4.69, 9.17) is 16.6 Å². The SMILES string of the molecule is CC(N)=NCCCCCCCCCCCCC(O)CC(=O)NC(C(=O)CC(C(=O)NC(C(=O)CC(CO)C(=O)NC(CC(N)=O)C(=O)CC(C)C(=O)O)C(C)C)C(C)C)C(C)O. The minimum atomic E-state index is -1.50. The Morgan fingerprint density at radius 1 is 0.597 bits per heavy atom. The maximum Gasteiger partial charge on any atom is 0.306 e. The van der Waals surface area contributed by atoms with Crippen molar-refractivity contribution in [1.29, 1.82) is 0 Å². The van der Waals surface area contributed by atoms with Crippen LogP contribution in [0.5, 0.6) is 0 Å². The number of carboxylic acid groups (broad SMARTS) is 1. The number of carboxylic acids is 1. The van der Waals surface area contributed by atoms with Crippen LogP contribution in [0.15, 0.2) is 4.99 Å². The maximum atomic E-state index is 13.7. The van der Waals surface area contributed by atoms with Gasteiger partial charge in [0.2, 0.25) is 23.6 Å². The van der Waals surface area contributed by atoms with Gasteiger partial charge >= 0.3 is 5.97 Å². The molecule has 0 aromatic heterocycles. The Labute approximate surface area is 367 Å². The van der Waals surface area contributed by atoms with Crippen LogP contribution in [0, 0.1) is 29.6 Å². The number of unbranched alkanes of at least 4 members (excludes halogenated alkanes) is 9. The highest BCUT2D eigenvalue weighted by molar-refractivity contribution is 5.98. The molecule has 0 saturated heterocycles. The lowest BCUT2D eigenvalue weighted by atomic mass is 9.86. The van der Waals surface area contributed by atoms with Gasteiger partial charge in [-0.05, 0) is 38.5 Å². The molecule has 0 aliphatic carbocycles. The van der Waals surface area contributed by atoms with Crippen LogP contribution in [-0.4, -0.2) is 117 Å². The van der Waals surface area contributed by atoms with E-state index in [2.05, 4.69) is 20.9 Å². The standard InChI is InChI=1S/C44H78N6O12/c1-26(2)33(23-37(56)41(29(6)52)49-39(58)22-32(53)18-16-14-12-10-8-9-11-13-15-17-19-47-30(7)45)43(60)50-40(27(3)4)36(55)21-31(25-51)42(59)48-34(24-38(46)57)35(54)20-28(5)44(61)62/h26-29,31-34,40-41,51-53H,8-25H2,1-7H3,(H2,45,47)(H2,46,57)(H,48,59)(H,49,58)(H,50,60)(H,61,62). The van der Waals surface area contributed by atoms with Crippen molar-refractivity contribution in [3.63, 3.8) is 0 Å². The van der Waals surface area contributed by atoms with Gasteiger partial charge in [0, 0.05) is 31.7 Å². The number of nitrogens with zero attached hydrogens (tertiary/aromatic N) is 1. The third-order valence-electron chi connectivity index (χ3n) is 10.8. The summed E-state index contributed by atoms with van der Waals surface area (Å²) in [4.78, 5) is 106. The third-order valence-corrected chi connectivity index (χ3v) is 10.8. The molecule has 0 saturated carbocycles. The molecule has 11 N–H and O–H groups in total. The molecule has 18 nitrogen and oxygen atoms in total. The monoisotopic (exact) mass is 883 g/mol. The molecule has 0 heterocycles. The zero-order valence-electron chi connectivity index (χ0n) is 38.2. The summed E-state index contributed by atoms with van der Waals surface area (Å²) >= 11 is 0. The third kappa shape index (κ3) is 25.0. The number of aliphatic hydroxyl groups excluding tert-OH is 3. The minimum absolute atomic E-state index is 0.266. The number of carbonyl (C=O) groups excluding carboxylic acids is 7. The normalized spacial score (nSPS) is 15.7. The number of rotatable bonds is 36. The van der Waals surface area contributed by atoms with Crippen LogP contribution in [0.4, 0.5) is 0 Å². The van der Waals surface area contributed by atoms with E-state index in [-0.39, 0.29) is 6.42 Å². The highest BCUT2D eigenvalue weighted by Crippen LogP contribution is 2.21. The number of aliphatic hydroxyl groups is 3. The Kier molecular flexibility index (Phi) is 29.4. The summed E-state index contributed by atoms with van der Waals surface area (Å²) in [6, 6.07) is -4.04. The number of aliphatic imine (C=N–C) groups is 1. The Hall–Kier alpha value is -4.29. The van der Waals surface area contributed by atoms with E-state index < -0.39 is 139 Å². The van der Waals surface area contributed by atoms with Gasteiger partial charge in [-0.1, -0.05) is 92.4 Å². The largest absolute Gasteiger partial charge is 0.481 e. The summed E-state index contributed by atoms with van der Waals surface area (Å²) in [6.45, 7) is 11.0. The second-order valence-corrected chi connectivity index (χ2v) is 17.4. The summed E-state index contributed by atoms with van der Waals surface area (Å²) < 4.78 is 0. The molecule has 0 spiro atoms. The Bertz CT molecular complexity index is 1470. The van der Waals surface area contributed by atoms with E-state index in [1.807, 2.05) is 0 Å². The molecule has 8 atom stereocenters. The van der Waals surface area contributed by atoms with Crippen molar-refractivity contribution < 1.29 is 58.8 Å². The second kappa shape index (κ2) is 31.5. The predicted octanol–water partition coefficient (Wildman–Crippen LogP) is 2.25. The number of amidine groups is 1. The van der Waals surface area contributed by atoms with Gasteiger partial charge in [0.05, 0.1) is 61.4 Å². The molecule has 0 fully saturated rings. The fourth-order valence-electron chi connectivity index (χ4n) is 6.91. The Balaban J connectivity index is 5.28. The van der Waals surface area contributed by atoms with E-state index in [0.29, 0.717) is 12.3 Å². The molecule has 0 bridgehead atoms. The summed E-state index contributed by atoms with van der Waals surface area (Å²) in [5.41, 5.74) is 10.8. The molecular formula is C44H78N6O12.